The van der Waals surface area contributed by atoms with Crippen molar-refractivity contribution in [2.75, 3.05) is 18.6 Å². The molecular formula is C14H16F2O3S. The Morgan fingerprint density at radius 1 is 1.40 bits per heavy atom. The lowest BCUT2D eigenvalue weighted by Gasteiger charge is -2.13. The van der Waals surface area contributed by atoms with E-state index in [9.17, 15) is 13.6 Å². The highest BCUT2D eigenvalue weighted by Gasteiger charge is 2.23. The molecule has 20 heavy (non-hydrogen) atoms. The van der Waals surface area contributed by atoms with Gasteiger partial charge >= 0.3 is 6.61 Å². The van der Waals surface area contributed by atoms with E-state index in [4.69, 9.17) is 4.74 Å². The summed E-state index contributed by atoms with van der Waals surface area (Å²) in [6.07, 6.45) is 4.02. The van der Waals surface area contributed by atoms with E-state index in [1.54, 1.807) is 0 Å². The fourth-order valence-corrected chi connectivity index (χ4v) is 2.12. The van der Waals surface area contributed by atoms with Gasteiger partial charge in [-0.25, -0.2) is 0 Å². The zero-order valence-corrected chi connectivity index (χ0v) is 11.9. The minimum absolute atomic E-state index is 0.0265. The van der Waals surface area contributed by atoms with Crippen molar-refractivity contribution in [1.29, 1.82) is 0 Å². The number of hydrogen-bond donors (Lipinski definition) is 0. The first-order chi connectivity index (χ1) is 9.60. The van der Waals surface area contributed by atoms with Gasteiger partial charge in [0.2, 0.25) is 0 Å². The Bertz CT molecular complexity index is 475. The largest absolute Gasteiger partial charge is 0.489 e. The second-order valence-corrected chi connectivity index (χ2v) is 5.52. The highest BCUT2D eigenvalue weighted by molar-refractivity contribution is 7.99. The lowest BCUT2D eigenvalue weighted by Crippen LogP contribution is -2.08. The van der Waals surface area contributed by atoms with Gasteiger partial charge in [-0.1, -0.05) is 0 Å². The molecule has 1 aliphatic carbocycles. The van der Waals surface area contributed by atoms with Crippen LogP contribution in [0.15, 0.2) is 18.2 Å². The van der Waals surface area contributed by atoms with E-state index in [1.165, 1.54) is 30.0 Å². The first-order valence-corrected chi connectivity index (χ1v) is 7.73. The molecule has 0 heterocycles. The summed E-state index contributed by atoms with van der Waals surface area (Å²) in [7, 11) is 0. The highest BCUT2D eigenvalue weighted by atomic mass is 32.2. The minimum Gasteiger partial charge on any atom is -0.489 e. The molecule has 1 saturated carbocycles. The monoisotopic (exact) mass is 302 g/mol. The van der Waals surface area contributed by atoms with Gasteiger partial charge in [-0.3, -0.25) is 4.79 Å². The summed E-state index contributed by atoms with van der Waals surface area (Å²) in [5.74, 6) is 0.958. The van der Waals surface area contributed by atoms with Crippen LogP contribution in [-0.4, -0.2) is 31.0 Å². The number of carbonyl (C=O) groups is 1. The lowest BCUT2D eigenvalue weighted by atomic mass is 10.1. The van der Waals surface area contributed by atoms with Crippen molar-refractivity contribution < 1.29 is 23.0 Å². The first kappa shape index (κ1) is 15.1. The smallest absolute Gasteiger partial charge is 0.387 e. The number of ether oxygens (including phenoxy) is 2. The molecular weight excluding hydrogens is 286 g/mol. The highest BCUT2D eigenvalue weighted by Crippen LogP contribution is 2.34. The molecule has 1 fully saturated rings. The molecule has 6 heteroatoms. The maximum atomic E-state index is 12.3. The van der Waals surface area contributed by atoms with E-state index in [0.717, 1.165) is 12.8 Å². The molecule has 2 rings (SSSR count). The lowest BCUT2D eigenvalue weighted by molar-refractivity contribution is -0.0515. The van der Waals surface area contributed by atoms with Gasteiger partial charge in [0.15, 0.2) is 17.3 Å². The molecule has 1 aromatic rings. The van der Waals surface area contributed by atoms with Crippen LogP contribution in [-0.2, 0) is 0 Å². The Labute approximate surface area is 120 Å². The topological polar surface area (TPSA) is 35.5 Å². The Kier molecular flexibility index (Phi) is 5.23. The fraction of sp³-hybridized carbons (Fsp3) is 0.500. The minimum atomic E-state index is -2.91. The number of Topliss-reactive ketones (excluding diaryl/α,β-unsaturated/α-hetero) is 1. The van der Waals surface area contributed by atoms with Crippen LogP contribution in [0.4, 0.5) is 8.78 Å². The zero-order valence-electron chi connectivity index (χ0n) is 11.1. The van der Waals surface area contributed by atoms with Crippen molar-refractivity contribution in [2.45, 2.75) is 19.5 Å². The zero-order chi connectivity index (χ0) is 14.5. The van der Waals surface area contributed by atoms with Gasteiger partial charge in [-0.05, 0) is 43.2 Å². The molecule has 3 nitrogen and oxygen atoms in total. The van der Waals surface area contributed by atoms with Crippen LogP contribution < -0.4 is 9.47 Å². The summed E-state index contributed by atoms with van der Waals surface area (Å²) in [6.45, 7) is -2.44. The summed E-state index contributed by atoms with van der Waals surface area (Å²) >= 11 is 1.41. The maximum Gasteiger partial charge on any atom is 0.387 e. The maximum absolute atomic E-state index is 12.3. The van der Waals surface area contributed by atoms with E-state index >= 15 is 0 Å². The van der Waals surface area contributed by atoms with Gasteiger partial charge in [0.25, 0.3) is 0 Å². The first-order valence-electron chi connectivity index (χ1n) is 6.34. The molecule has 0 amide bonds. The van der Waals surface area contributed by atoms with Crippen molar-refractivity contribution in [3.05, 3.63) is 23.8 Å². The van der Waals surface area contributed by atoms with Crippen LogP contribution in [0.1, 0.15) is 23.2 Å². The third kappa shape index (κ3) is 4.37. The van der Waals surface area contributed by atoms with Crippen LogP contribution in [0.25, 0.3) is 0 Å². The fourth-order valence-electron chi connectivity index (χ4n) is 1.69. The molecule has 0 spiro atoms. The van der Waals surface area contributed by atoms with E-state index in [2.05, 4.69) is 4.74 Å². The van der Waals surface area contributed by atoms with Crippen molar-refractivity contribution in [2.24, 2.45) is 5.92 Å². The predicted molar refractivity (Wildman–Crippen MR) is 74.0 cm³/mol. The summed E-state index contributed by atoms with van der Waals surface area (Å²) < 4.78 is 34.6. The van der Waals surface area contributed by atoms with Crippen molar-refractivity contribution in [1.82, 2.24) is 0 Å². The number of alkyl halides is 2. The summed E-state index contributed by atoms with van der Waals surface area (Å²) in [5.41, 5.74) is 0.451. The molecule has 1 aromatic carbocycles. The Morgan fingerprint density at radius 3 is 2.75 bits per heavy atom. The number of hydrogen-bond acceptors (Lipinski definition) is 4. The van der Waals surface area contributed by atoms with E-state index in [-0.39, 0.29) is 17.3 Å². The SMILES string of the molecule is CSCC(=O)c1ccc(OC(F)F)c(OCC2CC2)c1. The van der Waals surface area contributed by atoms with Gasteiger partial charge in [-0.2, -0.15) is 20.5 Å². The number of rotatable bonds is 8. The molecule has 0 radical (unpaired) electrons. The normalized spacial score (nSPS) is 14.4. The van der Waals surface area contributed by atoms with Crippen LogP contribution in [0.2, 0.25) is 0 Å². The average Bonchev–Trinajstić information content (AvgIpc) is 3.21. The number of benzene rings is 1. The van der Waals surface area contributed by atoms with E-state index in [1.807, 2.05) is 6.26 Å². The molecule has 0 unspecified atom stereocenters. The number of thioether (sulfide) groups is 1. The van der Waals surface area contributed by atoms with Crippen LogP contribution in [0, 0.1) is 5.92 Å². The van der Waals surface area contributed by atoms with Crippen molar-refractivity contribution >= 4 is 17.5 Å². The van der Waals surface area contributed by atoms with Crippen molar-refractivity contribution in [3.8, 4) is 11.5 Å². The summed E-state index contributed by atoms with van der Waals surface area (Å²) in [6, 6.07) is 4.33. The van der Waals surface area contributed by atoms with Crippen LogP contribution >= 0.6 is 11.8 Å². The van der Waals surface area contributed by atoms with E-state index < -0.39 is 6.61 Å². The Hall–Kier alpha value is -1.30. The standard InChI is InChI=1S/C14H16F2O3S/c1-20-8-11(17)10-4-5-12(19-14(15)16)13(6-10)18-7-9-2-3-9/h4-6,9,14H,2-3,7-8H2,1H3. The van der Waals surface area contributed by atoms with Gasteiger partial charge in [-0.15, -0.1) is 0 Å². The number of halogens is 2. The van der Waals surface area contributed by atoms with Crippen LogP contribution in [0.5, 0.6) is 11.5 Å². The second kappa shape index (κ2) is 6.92. The van der Waals surface area contributed by atoms with Gasteiger partial charge in [0.1, 0.15) is 0 Å². The van der Waals surface area contributed by atoms with Gasteiger partial charge in [0, 0.05) is 5.56 Å². The third-order valence-corrected chi connectivity index (χ3v) is 3.48. The Balaban J connectivity index is 2.15. The molecule has 0 atom stereocenters. The molecule has 0 aromatic heterocycles. The number of ketones is 1. The molecule has 1 aliphatic rings. The summed E-state index contributed by atoms with van der Waals surface area (Å²) in [4.78, 5) is 11.8. The summed E-state index contributed by atoms with van der Waals surface area (Å²) in [5, 5.41) is 0. The van der Waals surface area contributed by atoms with E-state index in [0.29, 0.717) is 23.8 Å². The predicted octanol–water partition coefficient (Wildman–Crippen LogP) is 3.62. The molecule has 0 N–H and O–H groups in total. The van der Waals surface area contributed by atoms with Crippen LogP contribution in [0.3, 0.4) is 0 Å². The average molecular weight is 302 g/mol. The number of carbonyl (C=O) groups excluding carboxylic acids is 1. The van der Waals surface area contributed by atoms with Gasteiger partial charge < -0.3 is 9.47 Å². The van der Waals surface area contributed by atoms with Gasteiger partial charge in [0.05, 0.1) is 12.4 Å². The second-order valence-electron chi connectivity index (χ2n) is 4.65. The quantitative estimate of drug-likeness (QED) is 0.687. The third-order valence-electron chi connectivity index (χ3n) is 2.93. The molecule has 0 aliphatic heterocycles. The molecule has 0 bridgehead atoms. The Morgan fingerprint density at radius 2 is 2.15 bits per heavy atom. The molecule has 110 valence electrons. The molecule has 0 saturated heterocycles. The van der Waals surface area contributed by atoms with Crippen molar-refractivity contribution in [3.63, 3.8) is 0 Å².